The molecule has 24 heavy (non-hydrogen) atoms. The summed E-state index contributed by atoms with van der Waals surface area (Å²) in [5.41, 5.74) is 1.17. The van der Waals surface area contributed by atoms with Crippen molar-refractivity contribution >= 4 is 11.9 Å². The molecule has 5 nitrogen and oxygen atoms in total. The van der Waals surface area contributed by atoms with Gasteiger partial charge >= 0.3 is 5.97 Å². The molecule has 0 spiro atoms. The summed E-state index contributed by atoms with van der Waals surface area (Å²) >= 11 is 0. The molecule has 0 fully saturated rings. The molecule has 0 radical (unpaired) electrons. The minimum absolute atomic E-state index is 0.0134. The number of ether oxygens (including phenoxy) is 2. The number of hydrogen-bond acceptors (Lipinski definition) is 4. The van der Waals surface area contributed by atoms with Gasteiger partial charge < -0.3 is 14.4 Å². The lowest BCUT2D eigenvalue weighted by atomic mass is 10.2. The van der Waals surface area contributed by atoms with E-state index < -0.39 is 0 Å². The summed E-state index contributed by atoms with van der Waals surface area (Å²) in [5, 5.41) is 0. The Morgan fingerprint density at radius 2 is 1.92 bits per heavy atom. The van der Waals surface area contributed by atoms with Crippen LogP contribution in [-0.2, 0) is 20.7 Å². The van der Waals surface area contributed by atoms with Crippen molar-refractivity contribution in [3.63, 3.8) is 0 Å². The molecule has 0 saturated carbocycles. The van der Waals surface area contributed by atoms with Gasteiger partial charge in [-0.1, -0.05) is 38.8 Å². The van der Waals surface area contributed by atoms with Gasteiger partial charge in [0.05, 0.1) is 13.5 Å². The maximum absolute atomic E-state index is 12.4. The largest absolute Gasteiger partial charge is 0.484 e. The zero-order valence-electron chi connectivity index (χ0n) is 15.0. The van der Waals surface area contributed by atoms with E-state index in [4.69, 9.17) is 4.74 Å². The van der Waals surface area contributed by atoms with E-state index in [1.54, 1.807) is 4.90 Å². The standard InChI is InChI=1S/C19H29NO4/c1-4-6-7-12-20(13-11-19(22)23-3)18(21)15-24-17-10-8-9-16(5-2)14-17/h8-10,14H,4-7,11-13,15H2,1-3H3. The predicted molar refractivity (Wildman–Crippen MR) is 94.1 cm³/mol. The summed E-state index contributed by atoms with van der Waals surface area (Å²) in [5.74, 6) is 0.293. The van der Waals surface area contributed by atoms with Crippen LogP contribution in [0.1, 0.15) is 45.1 Å². The molecule has 0 N–H and O–H groups in total. The van der Waals surface area contributed by atoms with Crippen LogP contribution in [0.15, 0.2) is 24.3 Å². The van der Waals surface area contributed by atoms with Crippen LogP contribution in [0.5, 0.6) is 5.75 Å². The van der Waals surface area contributed by atoms with Crippen molar-refractivity contribution in [2.45, 2.75) is 46.0 Å². The summed E-state index contributed by atoms with van der Waals surface area (Å²) in [6.45, 7) is 5.19. The molecule has 0 aliphatic carbocycles. The first-order valence-corrected chi connectivity index (χ1v) is 8.67. The Balaban J connectivity index is 2.56. The predicted octanol–water partition coefficient (Wildman–Crippen LogP) is 3.21. The van der Waals surface area contributed by atoms with Gasteiger partial charge in [-0.3, -0.25) is 9.59 Å². The Hall–Kier alpha value is -2.04. The average molecular weight is 335 g/mol. The normalized spacial score (nSPS) is 10.3. The van der Waals surface area contributed by atoms with E-state index in [0.717, 1.165) is 25.7 Å². The van der Waals surface area contributed by atoms with E-state index in [2.05, 4.69) is 18.6 Å². The Labute approximate surface area is 144 Å². The molecule has 134 valence electrons. The third kappa shape index (κ3) is 7.49. The molecule has 1 aromatic rings. The molecule has 0 bridgehead atoms. The summed E-state index contributed by atoms with van der Waals surface area (Å²) in [6.07, 6.45) is 4.20. The highest BCUT2D eigenvalue weighted by atomic mass is 16.5. The smallest absolute Gasteiger partial charge is 0.307 e. The molecule has 0 unspecified atom stereocenters. The fourth-order valence-electron chi connectivity index (χ4n) is 2.33. The highest BCUT2D eigenvalue weighted by molar-refractivity contribution is 5.78. The quantitative estimate of drug-likeness (QED) is 0.460. The lowest BCUT2D eigenvalue weighted by Crippen LogP contribution is -2.37. The zero-order valence-corrected chi connectivity index (χ0v) is 15.0. The Bertz CT molecular complexity index is 516. The highest BCUT2D eigenvalue weighted by Gasteiger charge is 2.15. The van der Waals surface area contributed by atoms with Crippen LogP contribution in [0.2, 0.25) is 0 Å². The van der Waals surface area contributed by atoms with Crippen LogP contribution in [0.4, 0.5) is 0 Å². The average Bonchev–Trinajstić information content (AvgIpc) is 2.62. The minimum Gasteiger partial charge on any atom is -0.484 e. The summed E-state index contributed by atoms with van der Waals surface area (Å²) in [4.78, 5) is 25.4. The molecular weight excluding hydrogens is 306 g/mol. The van der Waals surface area contributed by atoms with Crippen molar-refractivity contribution in [2.75, 3.05) is 26.8 Å². The van der Waals surface area contributed by atoms with Gasteiger partial charge in [0.1, 0.15) is 5.75 Å². The molecule has 1 amide bonds. The topological polar surface area (TPSA) is 55.8 Å². The maximum atomic E-state index is 12.4. The van der Waals surface area contributed by atoms with Crippen LogP contribution in [0.3, 0.4) is 0 Å². The molecule has 5 heteroatoms. The first-order valence-electron chi connectivity index (χ1n) is 8.67. The monoisotopic (exact) mass is 335 g/mol. The van der Waals surface area contributed by atoms with Gasteiger partial charge in [0, 0.05) is 13.1 Å². The molecule has 0 aliphatic heterocycles. The number of benzene rings is 1. The highest BCUT2D eigenvalue weighted by Crippen LogP contribution is 2.14. The Kier molecular flexibility index (Phi) is 9.58. The lowest BCUT2D eigenvalue weighted by Gasteiger charge is -2.22. The van der Waals surface area contributed by atoms with Gasteiger partial charge in [0.2, 0.25) is 0 Å². The van der Waals surface area contributed by atoms with Crippen molar-refractivity contribution in [3.8, 4) is 5.75 Å². The number of rotatable bonds is 11. The first kappa shape index (κ1) is 20.0. The molecule has 0 saturated heterocycles. The number of esters is 1. The number of unbranched alkanes of at least 4 members (excludes halogenated alkanes) is 2. The van der Waals surface area contributed by atoms with Crippen molar-refractivity contribution in [1.29, 1.82) is 0 Å². The minimum atomic E-state index is -0.306. The van der Waals surface area contributed by atoms with Crippen LogP contribution >= 0.6 is 0 Å². The van der Waals surface area contributed by atoms with Gasteiger partial charge in [0.25, 0.3) is 5.91 Å². The third-order valence-corrected chi connectivity index (χ3v) is 3.87. The number of amides is 1. The van der Waals surface area contributed by atoms with Gasteiger partial charge in [-0.05, 0) is 30.5 Å². The van der Waals surface area contributed by atoms with Crippen molar-refractivity contribution in [1.82, 2.24) is 4.90 Å². The number of aryl methyl sites for hydroxylation is 1. The van der Waals surface area contributed by atoms with Crippen molar-refractivity contribution in [3.05, 3.63) is 29.8 Å². The van der Waals surface area contributed by atoms with Crippen LogP contribution in [0.25, 0.3) is 0 Å². The van der Waals surface area contributed by atoms with E-state index in [9.17, 15) is 9.59 Å². The molecule has 0 atom stereocenters. The van der Waals surface area contributed by atoms with Gasteiger partial charge in [-0.25, -0.2) is 0 Å². The van der Waals surface area contributed by atoms with E-state index in [1.807, 2.05) is 24.3 Å². The fourth-order valence-corrected chi connectivity index (χ4v) is 2.33. The van der Waals surface area contributed by atoms with E-state index >= 15 is 0 Å². The van der Waals surface area contributed by atoms with Crippen LogP contribution in [0, 0.1) is 0 Å². The second kappa shape index (κ2) is 11.5. The Morgan fingerprint density at radius 3 is 2.58 bits per heavy atom. The second-order valence-electron chi connectivity index (χ2n) is 5.70. The summed E-state index contributed by atoms with van der Waals surface area (Å²) in [7, 11) is 1.36. The third-order valence-electron chi connectivity index (χ3n) is 3.87. The molecule has 0 aromatic heterocycles. The first-order chi connectivity index (χ1) is 11.6. The number of methoxy groups -OCH3 is 1. The van der Waals surface area contributed by atoms with Crippen molar-refractivity contribution < 1.29 is 19.1 Å². The second-order valence-corrected chi connectivity index (χ2v) is 5.70. The molecular formula is C19H29NO4. The molecule has 1 aromatic carbocycles. The number of carbonyl (C=O) groups excluding carboxylic acids is 2. The lowest BCUT2D eigenvalue weighted by molar-refractivity contribution is -0.142. The fraction of sp³-hybridized carbons (Fsp3) is 0.579. The Morgan fingerprint density at radius 1 is 1.12 bits per heavy atom. The number of hydrogen-bond donors (Lipinski definition) is 0. The van der Waals surface area contributed by atoms with Crippen LogP contribution in [-0.4, -0.2) is 43.6 Å². The number of carbonyl (C=O) groups is 2. The van der Waals surface area contributed by atoms with Crippen LogP contribution < -0.4 is 4.74 Å². The zero-order chi connectivity index (χ0) is 17.8. The summed E-state index contributed by atoms with van der Waals surface area (Å²) < 4.78 is 10.3. The van der Waals surface area contributed by atoms with Gasteiger partial charge in [-0.15, -0.1) is 0 Å². The van der Waals surface area contributed by atoms with Crippen molar-refractivity contribution in [2.24, 2.45) is 0 Å². The van der Waals surface area contributed by atoms with E-state index in [1.165, 1.54) is 12.7 Å². The molecule has 0 aliphatic rings. The maximum Gasteiger partial charge on any atom is 0.307 e. The van der Waals surface area contributed by atoms with Gasteiger partial charge in [-0.2, -0.15) is 0 Å². The van der Waals surface area contributed by atoms with Gasteiger partial charge in [0.15, 0.2) is 6.61 Å². The molecule has 1 rings (SSSR count). The number of nitrogens with zero attached hydrogens (tertiary/aromatic N) is 1. The molecule has 0 heterocycles. The SMILES string of the molecule is CCCCCN(CCC(=O)OC)C(=O)COc1cccc(CC)c1. The van der Waals surface area contributed by atoms with E-state index in [-0.39, 0.29) is 24.9 Å². The van der Waals surface area contributed by atoms with E-state index in [0.29, 0.717) is 18.8 Å². The summed E-state index contributed by atoms with van der Waals surface area (Å²) in [6, 6.07) is 7.75.